The Morgan fingerprint density at radius 2 is 2.00 bits per heavy atom. The molecule has 0 amide bonds. The summed E-state index contributed by atoms with van der Waals surface area (Å²) in [5.74, 6) is 2.78. The fraction of sp³-hybridized carbons (Fsp3) is 0.550. The minimum Gasteiger partial charge on any atom is -0.459 e. The summed E-state index contributed by atoms with van der Waals surface area (Å²) >= 11 is 0. The lowest BCUT2D eigenvalue weighted by Gasteiger charge is -2.23. The van der Waals surface area contributed by atoms with E-state index in [1.54, 1.807) is 6.07 Å². The van der Waals surface area contributed by atoms with E-state index in [0.717, 1.165) is 41.3 Å². The predicted octanol–water partition coefficient (Wildman–Crippen LogP) is 3.06. The highest BCUT2D eigenvalue weighted by atomic mass is 19.1. The summed E-state index contributed by atoms with van der Waals surface area (Å²) < 4.78 is 25.5. The monoisotopic (exact) mass is 357 g/mol. The summed E-state index contributed by atoms with van der Waals surface area (Å²) in [6.45, 7) is 4.54. The van der Waals surface area contributed by atoms with E-state index in [9.17, 15) is 4.39 Å². The van der Waals surface area contributed by atoms with Gasteiger partial charge in [0.15, 0.2) is 5.96 Å². The van der Waals surface area contributed by atoms with Gasteiger partial charge in [0.25, 0.3) is 0 Å². The van der Waals surface area contributed by atoms with Crippen LogP contribution < -0.4 is 5.32 Å². The molecule has 0 saturated carbocycles. The highest BCUT2D eigenvalue weighted by Crippen LogP contribution is 2.47. The van der Waals surface area contributed by atoms with Crippen molar-refractivity contribution in [3.8, 4) is 0 Å². The first-order valence-corrected chi connectivity index (χ1v) is 9.42. The first-order chi connectivity index (χ1) is 12.6. The Kier molecular flexibility index (Phi) is 3.71. The Labute approximate surface area is 152 Å². The van der Waals surface area contributed by atoms with Gasteiger partial charge in [-0.05, 0) is 38.0 Å². The number of likely N-dealkylation sites (tertiary alicyclic amines) is 1. The molecule has 0 spiro atoms. The maximum absolute atomic E-state index is 13.5. The van der Waals surface area contributed by atoms with Crippen LogP contribution in [0.1, 0.15) is 24.2 Å². The number of nitrogens with one attached hydrogen (secondary N) is 1. The second-order valence-electron chi connectivity index (χ2n) is 7.71. The molecule has 3 fully saturated rings. The summed E-state index contributed by atoms with van der Waals surface area (Å²) in [5, 5.41) is 4.27. The summed E-state index contributed by atoms with van der Waals surface area (Å²) in [6.07, 6.45) is 3.31. The summed E-state index contributed by atoms with van der Waals surface area (Å²) in [4.78, 5) is 6.82. The third kappa shape index (κ3) is 2.42. The molecular weight excluding hydrogens is 333 g/mol. The first kappa shape index (κ1) is 16.1. The Hall–Kier alpha value is -2.08. The molecular formula is C20H24FN3O2. The van der Waals surface area contributed by atoms with Crippen LogP contribution in [0.4, 0.5) is 4.39 Å². The first-order valence-electron chi connectivity index (χ1n) is 9.42. The number of hydrogen-bond acceptors (Lipinski definition) is 3. The van der Waals surface area contributed by atoms with E-state index < -0.39 is 0 Å². The van der Waals surface area contributed by atoms with Crippen molar-refractivity contribution in [3.05, 3.63) is 35.3 Å². The maximum atomic E-state index is 13.5. The largest absolute Gasteiger partial charge is 0.459 e. The quantitative estimate of drug-likeness (QED) is 0.663. The lowest BCUT2D eigenvalue weighted by molar-refractivity contribution is 0.0767. The number of ether oxygens (including phenoxy) is 1. The number of guanidine groups is 1. The molecule has 3 saturated heterocycles. The van der Waals surface area contributed by atoms with Gasteiger partial charge < -0.3 is 19.4 Å². The molecule has 1 aromatic heterocycles. The lowest BCUT2D eigenvalue weighted by atomic mass is 9.82. The molecule has 0 aliphatic carbocycles. The van der Waals surface area contributed by atoms with Crippen LogP contribution in [0.5, 0.6) is 0 Å². The topological polar surface area (TPSA) is 50.0 Å². The molecule has 5 rings (SSSR count). The SMILES string of the molecule is CN=C(NCc1oc2ccc(F)cc2c1C)N1CC2C3CCC(O3)C2C1. The molecule has 6 heteroatoms. The molecule has 3 aliphatic heterocycles. The van der Waals surface area contributed by atoms with Crippen molar-refractivity contribution in [3.63, 3.8) is 0 Å². The predicted molar refractivity (Wildman–Crippen MR) is 97.6 cm³/mol. The summed E-state index contributed by atoms with van der Waals surface area (Å²) in [6, 6.07) is 4.65. The van der Waals surface area contributed by atoms with Crippen molar-refractivity contribution in [2.45, 2.75) is 38.5 Å². The molecule has 4 heterocycles. The standard InChI is InChI=1S/C20H24FN3O2/c1-11-13-7-12(21)3-4-16(13)26-19(11)8-23-20(22-2)24-9-14-15(10-24)18-6-5-17(14)25-18/h3-4,7,14-15,17-18H,5-6,8-10H2,1-2H3,(H,22,23). The molecule has 4 unspecified atom stereocenters. The van der Waals surface area contributed by atoms with Crippen LogP contribution in [0.15, 0.2) is 27.6 Å². The average Bonchev–Trinajstić information content (AvgIpc) is 3.38. The molecule has 4 atom stereocenters. The van der Waals surface area contributed by atoms with E-state index in [1.807, 2.05) is 14.0 Å². The number of benzene rings is 1. The molecule has 26 heavy (non-hydrogen) atoms. The summed E-state index contributed by atoms with van der Waals surface area (Å²) in [5.41, 5.74) is 1.70. The number of nitrogens with zero attached hydrogens (tertiary/aromatic N) is 2. The van der Waals surface area contributed by atoms with E-state index >= 15 is 0 Å². The highest BCUT2D eigenvalue weighted by Gasteiger charge is 2.53. The van der Waals surface area contributed by atoms with E-state index in [-0.39, 0.29) is 5.82 Å². The van der Waals surface area contributed by atoms with Crippen molar-refractivity contribution < 1.29 is 13.5 Å². The third-order valence-electron chi connectivity index (χ3n) is 6.37. The van der Waals surface area contributed by atoms with Crippen molar-refractivity contribution in [2.24, 2.45) is 16.8 Å². The average molecular weight is 357 g/mol. The van der Waals surface area contributed by atoms with Crippen LogP contribution in [-0.2, 0) is 11.3 Å². The van der Waals surface area contributed by atoms with Crippen LogP contribution in [0.3, 0.4) is 0 Å². The minimum atomic E-state index is -0.239. The second-order valence-corrected chi connectivity index (χ2v) is 7.71. The maximum Gasteiger partial charge on any atom is 0.194 e. The van der Waals surface area contributed by atoms with Gasteiger partial charge in [-0.1, -0.05) is 0 Å². The van der Waals surface area contributed by atoms with Gasteiger partial charge in [-0.2, -0.15) is 0 Å². The van der Waals surface area contributed by atoms with Crippen LogP contribution in [-0.4, -0.2) is 43.2 Å². The zero-order chi connectivity index (χ0) is 17.8. The Morgan fingerprint density at radius 1 is 1.27 bits per heavy atom. The van der Waals surface area contributed by atoms with Gasteiger partial charge >= 0.3 is 0 Å². The number of rotatable bonds is 2. The van der Waals surface area contributed by atoms with Crippen molar-refractivity contribution >= 4 is 16.9 Å². The van der Waals surface area contributed by atoms with Crippen LogP contribution in [0.25, 0.3) is 11.0 Å². The molecule has 2 aromatic rings. The molecule has 5 nitrogen and oxygen atoms in total. The van der Waals surface area contributed by atoms with E-state index in [0.29, 0.717) is 30.6 Å². The summed E-state index contributed by atoms with van der Waals surface area (Å²) in [7, 11) is 1.82. The van der Waals surface area contributed by atoms with Gasteiger partial charge in [-0.15, -0.1) is 0 Å². The van der Waals surface area contributed by atoms with E-state index in [2.05, 4.69) is 15.2 Å². The number of fused-ring (bicyclic) bond motifs is 6. The third-order valence-corrected chi connectivity index (χ3v) is 6.37. The Bertz CT molecular complexity index is 859. The van der Waals surface area contributed by atoms with E-state index in [4.69, 9.17) is 9.15 Å². The number of hydrogen-bond donors (Lipinski definition) is 1. The van der Waals surface area contributed by atoms with Gasteiger partial charge in [0.1, 0.15) is 17.2 Å². The van der Waals surface area contributed by atoms with Crippen LogP contribution >= 0.6 is 0 Å². The van der Waals surface area contributed by atoms with Gasteiger partial charge in [0, 0.05) is 42.9 Å². The molecule has 2 bridgehead atoms. The number of furan rings is 1. The minimum absolute atomic E-state index is 0.239. The Balaban J connectivity index is 1.29. The zero-order valence-electron chi connectivity index (χ0n) is 15.2. The molecule has 1 aromatic carbocycles. The number of aliphatic imine (C=N–C) groups is 1. The van der Waals surface area contributed by atoms with Gasteiger partial charge in [-0.25, -0.2) is 4.39 Å². The van der Waals surface area contributed by atoms with Crippen LogP contribution in [0.2, 0.25) is 0 Å². The molecule has 3 aliphatic rings. The zero-order valence-corrected chi connectivity index (χ0v) is 15.2. The van der Waals surface area contributed by atoms with Crippen LogP contribution in [0, 0.1) is 24.6 Å². The molecule has 0 radical (unpaired) electrons. The second kappa shape index (κ2) is 5.98. The Morgan fingerprint density at radius 3 is 2.69 bits per heavy atom. The van der Waals surface area contributed by atoms with Crippen molar-refractivity contribution in [1.29, 1.82) is 0 Å². The van der Waals surface area contributed by atoms with E-state index in [1.165, 1.54) is 25.0 Å². The lowest BCUT2D eigenvalue weighted by Crippen LogP contribution is -2.41. The van der Waals surface area contributed by atoms with Crippen molar-refractivity contribution in [1.82, 2.24) is 10.2 Å². The normalized spacial score (nSPS) is 30.4. The number of halogens is 1. The molecule has 138 valence electrons. The molecule has 1 N–H and O–H groups in total. The smallest absolute Gasteiger partial charge is 0.194 e. The fourth-order valence-electron chi connectivity index (χ4n) is 5.04. The fourth-order valence-corrected chi connectivity index (χ4v) is 5.04. The number of aryl methyl sites for hydroxylation is 1. The van der Waals surface area contributed by atoms with Gasteiger partial charge in [0.05, 0.1) is 18.8 Å². The van der Waals surface area contributed by atoms with Gasteiger partial charge in [0.2, 0.25) is 0 Å². The highest BCUT2D eigenvalue weighted by molar-refractivity contribution is 5.83. The van der Waals surface area contributed by atoms with Gasteiger partial charge in [-0.3, -0.25) is 4.99 Å². The van der Waals surface area contributed by atoms with Crippen molar-refractivity contribution in [2.75, 3.05) is 20.1 Å².